The highest BCUT2D eigenvalue weighted by Crippen LogP contribution is 2.18. The van der Waals surface area contributed by atoms with Crippen LogP contribution in [0, 0.1) is 11.6 Å². The maximum Gasteiger partial charge on any atom is 0.141 e. The summed E-state index contributed by atoms with van der Waals surface area (Å²) < 4.78 is 26.4. The van der Waals surface area contributed by atoms with E-state index in [1.807, 2.05) is 0 Å². The van der Waals surface area contributed by atoms with E-state index in [-0.39, 0.29) is 17.7 Å². The number of hydrogen-bond donors (Lipinski definition) is 1. The van der Waals surface area contributed by atoms with E-state index in [0.29, 0.717) is 17.7 Å². The van der Waals surface area contributed by atoms with Gasteiger partial charge in [0.15, 0.2) is 0 Å². The summed E-state index contributed by atoms with van der Waals surface area (Å²) in [5.41, 5.74) is 1.31. The Bertz CT molecular complexity index is 511. The van der Waals surface area contributed by atoms with Gasteiger partial charge in [-0.15, -0.1) is 0 Å². The lowest BCUT2D eigenvalue weighted by molar-refractivity contribution is 0.540. The Kier molecular flexibility index (Phi) is 3.99. The largest absolute Gasteiger partial charge is 0.311 e. The van der Waals surface area contributed by atoms with E-state index in [2.05, 4.69) is 10.3 Å². The van der Waals surface area contributed by atoms with Crippen LogP contribution in [-0.4, -0.2) is 12.0 Å². The summed E-state index contributed by atoms with van der Waals surface area (Å²) in [5, 5.41) is 3.06. The van der Waals surface area contributed by atoms with Gasteiger partial charge in [-0.3, -0.25) is 4.98 Å². The Morgan fingerprint density at radius 1 is 1.17 bits per heavy atom. The van der Waals surface area contributed by atoms with Gasteiger partial charge in [-0.1, -0.05) is 18.2 Å². The number of pyridine rings is 1. The Morgan fingerprint density at radius 2 is 1.94 bits per heavy atom. The van der Waals surface area contributed by atoms with Crippen molar-refractivity contribution in [1.82, 2.24) is 10.3 Å². The molecule has 2 aromatic rings. The molecule has 0 radical (unpaired) electrons. The Morgan fingerprint density at radius 3 is 2.56 bits per heavy atom. The smallest absolute Gasteiger partial charge is 0.141 e. The van der Waals surface area contributed by atoms with Crippen molar-refractivity contribution in [2.45, 2.75) is 12.5 Å². The minimum atomic E-state index is -0.375. The fraction of sp³-hybridized carbons (Fsp3) is 0.214. The molecule has 1 aromatic heterocycles. The quantitative estimate of drug-likeness (QED) is 0.900. The Balaban J connectivity index is 2.20. The van der Waals surface area contributed by atoms with Crippen LogP contribution in [0.25, 0.3) is 0 Å². The third-order valence-corrected chi connectivity index (χ3v) is 2.84. The lowest BCUT2D eigenvalue weighted by atomic mass is 10.0. The second-order valence-electron chi connectivity index (χ2n) is 4.04. The molecule has 0 amide bonds. The second kappa shape index (κ2) is 5.69. The van der Waals surface area contributed by atoms with Crippen molar-refractivity contribution in [3.05, 3.63) is 65.5 Å². The molecular formula is C14H14F2N2. The molecule has 0 aliphatic heterocycles. The van der Waals surface area contributed by atoms with Crippen molar-refractivity contribution in [3.8, 4) is 0 Å². The van der Waals surface area contributed by atoms with Gasteiger partial charge < -0.3 is 5.32 Å². The van der Waals surface area contributed by atoms with E-state index in [1.165, 1.54) is 18.3 Å². The summed E-state index contributed by atoms with van der Waals surface area (Å²) >= 11 is 0. The van der Waals surface area contributed by atoms with E-state index in [4.69, 9.17) is 0 Å². The molecule has 18 heavy (non-hydrogen) atoms. The molecule has 4 heteroatoms. The number of halogens is 2. The lowest BCUT2D eigenvalue weighted by Crippen LogP contribution is -2.20. The van der Waals surface area contributed by atoms with Crippen molar-refractivity contribution in [2.24, 2.45) is 0 Å². The van der Waals surface area contributed by atoms with Crippen LogP contribution in [0.1, 0.15) is 17.3 Å². The zero-order valence-corrected chi connectivity index (χ0v) is 10.0. The zero-order chi connectivity index (χ0) is 13.0. The van der Waals surface area contributed by atoms with Gasteiger partial charge in [0.25, 0.3) is 0 Å². The fourth-order valence-corrected chi connectivity index (χ4v) is 1.83. The number of likely N-dealkylation sites (N-methyl/N-ethyl adjacent to an activating group) is 1. The normalized spacial score (nSPS) is 12.4. The number of nitrogens with zero attached hydrogens (tertiary/aromatic N) is 1. The molecular weight excluding hydrogens is 234 g/mol. The van der Waals surface area contributed by atoms with Gasteiger partial charge in [-0.25, -0.2) is 8.78 Å². The van der Waals surface area contributed by atoms with Gasteiger partial charge in [-0.2, -0.15) is 0 Å². The first kappa shape index (κ1) is 12.6. The van der Waals surface area contributed by atoms with Gasteiger partial charge in [0.05, 0.1) is 17.9 Å². The molecule has 1 unspecified atom stereocenters. The number of aromatic nitrogens is 1. The van der Waals surface area contributed by atoms with E-state index in [1.54, 1.807) is 31.3 Å². The summed E-state index contributed by atoms with van der Waals surface area (Å²) in [6.45, 7) is 0. The van der Waals surface area contributed by atoms with Crippen molar-refractivity contribution in [1.29, 1.82) is 0 Å². The second-order valence-corrected chi connectivity index (χ2v) is 4.04. The topological polar surface area (TPSA) is 24.9 Å². The lowest BCUT2D eigenvalue weighted by Gasteiger charge is -2.16. The van der Waals surface area contributed by atoms with E-state index in [0.717, 1.165) is 0 Å². The summed E-state index contributed by atoms with van der Waals surface area (Å²) in [5.74, 6) is -0.612. The Hall–Kier alpha value is -1.81. The molecule has 2 rings (SSSR count). The van der Waals surface area contributed by atoms with Gasteiger partial charge in [-0.05, 0) is 37.2 Å². The standard InChI is InChI=1S/C14H14F2N2/c1-17-14(13-7-6-11(15)9-18-13)8-10-4-2-3-5-12(10)16/h2-7,9,14,17H,8H2,1H3. The number of rotatable bonds is 4. The third-order valence-electron chi connectivity index (χ3n) is 2.84. The van der Waals surface area contributed by atoms with Crippen LogP contribution in [-0.2, 0) is 6.42 Å². The first-order chi connectivity index (χ1) is 8.70. The maximum absolute atomic E-state index is 13.6. The SMILES string of the molecule is CNC(Cc1ccccc1F)c1ccc(F)cn1. The molecule has 0 saturated heterocycles. The number of nitrogens with one attached hydrogen (secondary N) is 1. The third kappa shape index (κ3) is 2.90. The van der Waals surface area contributed by atoms with E-state index >= 15 is 0 Å². The average molecular weight is 248 g/mol. The van der Waals surface area contributed by atoms with Crippen LogP contribution in [0.5, 0.6) is 0 Å². The van der Waals surface area contributed by atoms with Gasteiger partial charge in [0.2, 0.25) is 0 Å². The summed E-state index contributed by atoms with van der Waals surface area (Å²) in [4.78, 5) is 4.02. The number of hydrogen-bond acceptors (Lipinski definition) is 2. The van der Waals surface area contributed by atoms with E-state index < -0.39 is 0 Å². The molecule has 1 aromatic carbocycles. The van der Waals surface area contributed by atoms with Gasteiger partial charge in [0, 0.05) is 0 Å². The molecule has 0 aliphatic carbocycles. The highest BCUT2D eigenvalue weighted by molar-refractivity contribution is 5.21. The minimum absolute atomic E-state index is 0.137. The highest BCUT2D eigenvalue weighted by Gasteiger charge is 2.13. The molecule has 1 atom stereocenters. The maximum atomic E-state index is 13.6. The predicted octanol–water partition coefficient (Wildman–Crippen LogP) is 2.86. The van der Waals surface area contributed by atoms with Crippen molar-refractivity contribution < 1.29 is 8.78 Å². The first-order valence-corrected chi connectivity index (χ1v) is 5.73. The monoisotopic (exact) mass is 248 g/mol. The summed E-state index contributed by atoms with van der Waals surface area (Å²) in [6, 6.07) is 9.45. The van der Waals surface area contributed by atoms with Crippen molar-refractivity contribution in [3.63, 3.8) is 0 Å². The zero-order valence-electron chi connectivity index (χ0n) is 10.0. The molecule has 0 spiro atoms. The average Bonchev–Trinajstić information content (AvgIpc) is 2.39. The summed E-state index contributed by atoms with van der Waals surface area (Å²) in [6.07, 6.45) is 1.64. The van der Waals surface area contributed by atoms with Gasteiger partial charge >= 0.3 is 0 Å². The Labute approximate surface area is 105 Å². The fourth-order valence-electron chi connectivity index (χ4n) is 1.83. The van der Waals surface area contributed by atoms with Crippen LogP contribution in [0.4, 0.5) is 8.78 Å². The molecule has 0 fully saturated rings. The van der Waals surface area contributed by atoms with Crippen molar-refractivity contribution in [2.75, 3.05) is 7.05 Å². The molecule has 2 nitrogen and oxygen atoms in total. The van der Waals surface area contributed by atoms with Crippen LogP contribution >= 0.6 is 0 Å². The molecule has 1 heterocycles. The minimum Gasteiger partial charge on any atom is -0.311 e. The van der Waals surface area contributed by atoms with Gasteiger partial charge in [0.1, 0.15) is 11.6 Å². The van der Waals surface area contributed by atoms with Crippen LogP contribution in [0.3, 0.4) is 0 Å². The van der Waals surface area contributed by atoms with Crippen LogP contribution in [0.15, 0.2) is 42.6 Å². The summed E-state index contributed by atoms with van der Waals surface area (Å²) in [7, 11) is 1.77. The number of benzene rings is 1. The van der Waals surface area contributed by atoms with E-state index in [9.17, 15) is 8.78 Å². The van der Waals surface area contributed by atoms with Crippen LogP contribution in [0.2, 0.25) is 0 Å². The first-order valence-electron chi connectivity index (χ1n) is 5.73. The molecule has 94 valence electrons. The predicted molar refractivity (Wildman–Crippen MR) is 66.1 cm³/mol. The highest BCUT2D eigenvalue weighted by atomic mass is 19.1. The molecule has 0 bridgehead atoms. The molecule has 0 aliphatic rings. The molecule has 0 saturated carbocycles. The van der Waals surface area contributed by atoms with Crippen molar-refractivity contribution >= 4 is 0 Å². The van der Waals surface area contributed by atoms with Crippen LogP contribution < -0.4 is 5.32 Å². The molecule has 1 N–H and O–H groups in total.